The van der Waals surface area contributed by atoms with E-state index in [0.717, 1.165) is 12.8 Å². The summed E-state index contributed by atoms with van der Waals surface area (Å²) < 4.78 is 10.4. The lowest BCUT2D eigenvalue weighted by molar-refractivity contribution is -0.139. The van der Waals surface area contributed by atoms with Crippen molar-refractivity contribution in [1.29, 1.82) is 0 Å². The van der Waals surface area contributed by atoms with Crippen molar-refractivity contribution in [3.05, 3.63) is 24.8 Å². The Labute approximate surface area is 162 Å². The first-order valence-electron chi connectivity index (χ1n) is 10.8. The van der Waals surface area contributed by atoms with Crippen LogP contribution in [0.1, 0.15) is 96.8 Å². The number of carbonyl (C=O) groups is 1. The third-order valence-electron chi connectivity index (χ3n) is 4.53. The molecule has 0 atom stereocenters. The predicted octanol–water partition coefficient (Wildman–Crippen LogP) is 6.77. The van der Waals surface area contributed by atoms with E-state index in [0.29, 0.717) is 18.8 Å². The lowest BCUT2D eigenvalue weighted by Crippen LogP contribution is -2.12. The molecule has 0 aliphatic heterocycles. The second kappa shape index (κ2) is 20.2. The second-order valence-electron chi connectivity index (χ2n) is 7.14. The molecule has 0 aromatic heterocycles. The summed E-state index contributed by atoms with van der Waals surface area (Å²) in [5.41, 5.74) is 0.372. The smallest absolute Gasteiger partial charge is 0.335 e. The number of esters is 1. The van der Waals surface area contributed by atoms with Gasteiger partial charge >= 0.3 is 5.97 Å². The Hall–Kier alpha value is -1.09. The van der Waals surface area contributed by atoms with Crippen LogP contribution in [0.5, 0.6) is 0 Å². The summed E-state index contributed by atoms with van der Waals surface area (Å²) in [5.74, 6) is -0.344. The van der Waals surface area contributed by atoms with Crippen LogP contribution >= 0.6 is 0 Å². The molecule has 0 saturated heterocycles. The summed E-state index contributed by atoms with van der Waals surface area (Å²) in [6.45, 7) is 10.6. The molecule has 26 heavy (non-hydrogen) atoms. The average molecular weight is 367 g/mol. The van der Waals surface area contributed by atoms with Crippen molar-refractivity contribution in [2.75, 3.05) is 19.8 Å². The van der Waals surface area contributed by atoms with Crippen molar-refractivity contribution in [3.8, 4) is 0 Å². The zero-order valence-electron chi connectivity index (χ0n) is 17.2. The van der Waals surface area contributed by atoms with E-state index in [4.69, 9.17) is 9.47 Å². The SMILES string of the molecule is C=CCOCC(=C)C(=O)OCCCCCCCCCCCCCCCC. The molecule has 0 saturated carbocycles. The van der Waals surface area contributed by atoms with E-state index in [9.17, 15) is 4.79 Å². The van der Waals surface area contributed by atoms with Gasteiger partial charge in [-0.3, -0.25) is 0 Å². The third kappa shape index (κ3) is 17.7. The molecule has 0 bridgehead atoms. The molecule has 0 aliphatic rings. The molecule has 0 amide bonds. The number of carbonyl (C=O) groups excluding carboxylic acids is 1. The average Bonchev–Trinajstić information content (AvgIpc) is 2.64. The van der Waals surface area contributed by atoms with Crippen molar-refractivity contribution in [1.82, 2.24) is 0 Å². The fourth-order valence-corrected chi connectivity index (χ4v) is 2.89. The highest BCUT2D eigenvalue weighted by molar-refractivity contribution is 5.87. The third-order valence-corrected chi connectivity index (χ3v) is 4.53. The minimum Gasteiger partial charge on any atom is -0.462 e. The summed E-state index contributed by atoms with van der Waals surface area (Å²) in [6.07, 6.45) is 20.2. The van der Waals surface area contributed by atoms with Gasteiger partial charge in [-0.2, -0.15) is 0 Å². The fraction of sp³-hybridized carbons (Fsp3) is 0.783. The van der Waals surface area contributed by atoms with E-state index in [2.05, 4.69) is 20.1 Å². The topological polar surface area (TPSA) is 35.5 Å². The van der Waals surface area contributed by atoms with Crippen LogP contribution in [0.2, 0.25) is 0 Å². The molecule has 0 radical (unpaired) electrons. The van der Waals surface area contributed by atoms with E-state index in [1.807, 2.05) is 0 Å². The Morgan fingerprint density at radius 1 is 0.808 bits per heavy atom. The minimum atomic E-state index is -0.344. The summed E-state index contributed by atoms with van der Waals surface area (Å²) in [5, 5.41) is 0. The quantitative estimate of drug-likeness (QED) is 0.103. The normalized spacial score (nSPS) is 10.7. The molecule has 3 nitrogen and oxygen atoms in total. The molecule has 152 valence electrons. The highest BCUT2D eigenvalue weighted by Crippen LogP contribution is 2.13. The fourth-order valence-electron chi connectivity index (χ4n) is 2.89. The van der Waals surface area contributed by atoms with Crippen LogP contribution in [-0.4, -0.2) is 25.8 Å². The van der Waals surface area contributed by atoms with Gasteiger partial charge in [-0.05, 0) is 6.42 Å². The molecule has 0 aliphatic carbocycles. The standard InChI is InChI=1S/C23H42O3/c1-4-6-7-8-9-10-11-12-13-14-15-16-17-18-20-26-23(24)22(3)21-25-19-5-2/h5H,2-4,6-21H2,1H3. The van der Waals surface area contributed by atoms with E-state index >= 15 is 0 Å². The molecule has 0 rings (SSSR count). The van der Waals surface area contributed by atoms with Crippen molar-refractivity contribution in [3.63, 3.8) is 0 Å². The number of ether oxygens (including phenoxy) is 2. The molecule has 3 heteroatoms. The Balaban J connectivity index is 3.22. The van der Waals surface area contributed by atoms with Crippen LogP contribution in [0.25, 0.3) is 0 Å². The molecule has 0 unspecified atom stereocenters. The van der Waals surface area contributed by atoms with Gasteiger partial charge in [0.25, 0.3) is 0 Å². The van der Waals surface area contributed by atoms with Crippen LogP contribution in [0.15, 0.2) is 24.8 Å². The van der Waals surface area contributed by atoms with Gasteiger partial charge in [-0.1, -0.05) is 103 Å². The maximum absolute atomic E-state index is 11.6. The van der Waals surface area contributed by atoms with Crippen molar-refractivity contribution >= 4 is 5.97 Å². The van der Waals surface area contributed by atoms with Crippen molar-refractivity contribution in [2.24, 2.45) is 0 Å². The Bertz CT molecular complexity index is 349. The van der Waals surface area contributed by atoms with Crippen LogP contribution in [0, 0.1) is 0 Å². The van der Waals surface area contributed by atoms with Gasteiger partial charge in [0, 0.05) is 0 Å². The van der Waals surface area contributed by atoms with Crippen LogP contribution < -0.4 is 0 Å². The summed E-state index contributed by atoms with van der Waals surface area (Å²) in [6, 6.07) is 0. The maximum Gasteiger partial charge on any atom is 0.335 e. The maximum atomic E-state index is 11.6. The summed E-state index contributed by atoms with van der Waals surface area (Å²) in [7, 11) is 0. The van der Waals surface area contributed by atoms with Crippen LogP contribution in [0.3, 0.4) is 0 Å². The van der Waals surface area contributed by atoms with E-state index in [1.54, 1.807) is 6.08 Å². The van der Waals surface area contributed by atoms with E-state index in [-0.39, 0.29) is 12.6 Å². The van der Waals surface area contributed by atoms with Gasteiger partial charge < -0.3 is 9.47 Å². The monoisotopic (exact) mass is 366 g/mol. The first-order valence-corrected chi connectivity index (χ1v) is 10.8. The number of hydrogen-bond acceptors (Lipinski definition) is 3. The lowest BCUT2D eigenvalue weighted by atomic mass is 10.0. The van der Waals surface area contributed by atoms with E-state index in [1.165, 1.54) is 77.0 Å². The van der Waals surface area contributed by atoms with Crippen LogP contribution in [-0.2, 0) is 14.3 Å². The van der Waals surface area contributed by atoms with Gasteiger partial charge in [0.1, 0.15) is 0 Å². The van der Waals surface area contributed by atoms with Gasteiger partial charge in [-0.25, -0.2) is 4.79 Å². The first kappa shape index (κ1) is 24.9. The molecule has 0 N–H and O–H groups in total. The Morgan fingerprint density at radius 2 is 1.27 bits per heavy atom. The Morgan fingerprint density at radius 3 is 1.73 bits per heavy atom. The Kier molecular flexibility index (Phi) is 19.4. The van der Waals surface area contributed by atoms with Crippen molar-refractivity contribution in [2.45, 2.75) is 96.8 Å². The first-order chi connectivity index (χ1) is 12.7. The molecule has 0 heterocycles. The highest BCUT2D eigenvalue weighted by Gasteiger charge is 2.07. The van der Waals surface area contributed by atoms with Gasteiger partial charge in [0.15, 0.2) is 0 Å². The molecule has 0 fully saturated rings. The summed E-state index contributed by atoms with van der Waals surface area (Å²) >= 11 is 0. The molecular formula is C23H42O3. The molecule has 0 aromatic rings. The highest BCUT2D eigenvalue weighted by atomic mass is 16.5. The van der Waals surface area contributed by atoms with Gasteiger partial charge in [-0.15, -0.1) is 6.58 Å². The minimum absolute atomic E-state index is 0.212. The number of rotatable bonds is 20. The predicted molar refractivity (Wildman–Crippen MR) is 111 cm³/mol. The summed E-state index contributed by atoms with van der Waals surface area (Å²) in [4.78, 5) is 11.6. The van der Waals surface area contributed by atoms with Crippen LogP contribution in [0.4, 0.5) is 0 Å². The zero-order chi connectivity index (χ0) is 19.3. The molecule has 0 aromatic carbocycles. The van der Waals surface area contributed by atoms with Gasteiger partial charge in [0.05, 0.1) is 25.4 Å². The largest absolute Gasteiger partial charge is 0.462 e. The molecular weight excluding hydrogens is 324 g/mol. The van der Waals surface area contributed by atoms with Gasteiger partial charge in [0.2, 0.25) is 0 Å². The van der Waals surface area contributed by atoms with Crippen molar-refractivity contribution < 1.29 is 14.3 Å². The lowest BCUT2D eigenvalue weighted by Gasteiger charge is -2.07. The number of unbranched alkanes of at least 4 members (excludes halogenated alkanes) is 13. The zero-order valence-corrected chi connectivity index (χ0v) is 17.2. The second-order valence-corrected chi connectivity index (χ2v) is 7.14. The molecule has 0 spiro atoms. The van der Waals surface area contributed by atoms with E-state index < -0.39 is 0 Å². The number of hydrogen-bond donors (Lipinski definition) is 0.